The molecule has 0 saturated heterocycles. The van der Waals surface area contributed by atoms with E-state index >= 15 is 0 Å². The quantitative estimate of drug-likeness (QED) is 0.471. The minimum Gasteiger partial charge on any atom is -0.481 e. The molecule has 0 aliphatic heterocycles. The molecule has 0 saturated carbocycles. The van der Waals surface area contributed by atoms with Crippen LogP contribution in [0.2, 0.25) is 0 Å². The number of carbonyl (C=O) groups is 3. The van der Waals surface area contributed by atoms with Crippen LogP contribution in [0.4, 0.5) is 4.79 Å². The first-order valence-corrected chi connectivity index (χ1v) is 11.5. The number of alkyl carbamates (subject to hydrolysis) is 1. The van der Waals surface area contributed by atoms with Gasteiger partial charge in [-0.2, -0.15) is 0 Å². The lowest BCUT2D eigenvalue weighted by Crippen LogP contribution is -2.40. The van der Waals surface area contributed by atoms with E-state index in [0.29, 0.717) is 19.4 Å². The lowest BCUT2D eigenvalue weighted by molar-refractivity contribution is -0.137. The molecule has 0 heterocycles. The summed E-state index contributed by atoms with van der Waals surface area (Å²) >= 11 is 0. The molecule has 3 rings (SSSR count). The van der Waals surface area contributed by atoms with E-state index in [1.807, 2.05) is 38.1 Å². The zero-order valence-electron chi connectivity index (χ0n) is 19.2. The molecule has 3 N–H and O–H groups in total. The van der Waals surface area contributed by atoms with Crippen molar-refractivity contribution in [1.29, 1.82) is 0 Å². The predicted octanol–water partition coefficient (Wildman–Crippen LogP) is 4.31. The van der Waals surface area contributed by atoms with Crippen LogP contribution in [-0.4, -0.2) is 42.3 Å². The smallest absolute Gasteiger partial charge is 0.407 e. The Morgan fingerprint density at radius 1 is 1.03 bits per heavy atom. The zero-order chi connectivity index (χ0) is 23.8. The molecular formula is C26H32N2O5. The monoisotopic (exact) mass is 452 g/mol. The number of nitrogens with one attached hydrogen (secondary N) is 2. The number of carbonyl (C=O) groups excluding carboxylic acids is 2. The third kappa shape index (κ3) is 6.57. The van der Waals surface area contributed by atoms with Crippen LogP contribution in [0.3, 0.4) is 0 Å². The highest BCUT2D eigenvalue weighted by Gasteiger charge is 2.29. The van der Waals surface area contributed by atoms with Crippen molar-refractivity contribution in [3.63, 3.8) is 0 Å². The van der Waals surface area contributed by atoms with E-state index in [2.05, 4.69) is 34.9 Å². The Morgan fingerprint density at radius 2 is 1.64 bits per heavy atom. The maximum atomic E-state index is 12.5. The van der Waals surface area contributed by atoms with E-state index in [1.165, 1.54) is 11.1 Å². The summed E-state index contributed by atoms with van der Waals surface area (Å²) in [4.78, 5) is 35.4. The maximum Gasteiger partial charge on any atom is 0.407 e. The molecule has 2 unspecified atom stereocenters. The maximum absolute atomic E-state index is 12.5. The number of ether oxygens (including phenoxy) is 1. The molecule has 0 radical (unpaired) electrons. The van der Waals surface area contributed by atoms with Gasteiger partial charge in [0, 0.05) is 31.3 Å². The summed E-state index contributed by atoms with van der Waals surface area (Å²) in [7, 11) is 0. The Hall–Kier alpha value is -3.35. The van der Waals surface area contributed by atoms with Crippen LogP contribution in [0.1, 0.15) is 56.6 Å². The molecule has 7 nitrogen and oxygen atoms in total. The van der Waals surface area contributed by atoms with Gasteiger partial charge >= 0.3 is 12.1 Å². The second-order valence-electron chi connectivity index (χ2n) is 8.62. The summed E-state index contributed by atoms with van der Waals surface area (Å²) in [6, 6.07) is 16.0. The lowest BCUT2D eigenvalue weighted by atomic mass is 9.98. The number of aliphatic carboxylic acids is 1. The molecule has 2 atom stereocenters. The fourth-order valence-corrected chi connectivity index (χ4v) is 4.16. The van der Waals surface area contributed by atoms with Crippen LogP contribution in [-0.2, 0) is 14.3 Å². The van der Waals surface area contributed by atoms with Gasteiger partial charge in [-0.05, 0) is 41.0 Å². The van der Waals surface area contributed by atoms with E-state index in [0.717, 1.165) is 11.1 Å². The average molecular weight is 453 g/mol. The van der Waals surface area contributed by atoms with Crippen LogP contribution in [0.25, 0.3) is 11.1 Å². The molecule has 2 aromatic carbocycles. The second kappa shape index (κ2) is 11.5. The molecule has 0 fully saturated rings. The van der Waals surface area contributed by atoms with Gasteiger partial charge in [-0.15, -0.1) is 0 Å². The van der Waals surface area contributed by atoms with Crippen LogP contribution in [0, 0.1) is 5.92 Å². The van der Waals surface area contributed by atoms with Gasteiger partial charge in [0.25, 0.3) is 0 Å². The molecule has 1 aliphatic carbocycles. The van der Waals surface area contributed by atoms with E-state index in [9.17, 15) is 14.4 Å². The second-order valence-corrected chi connectivity index (χ2v) is 8.62. The van der Waals surface area contributed by atoms with Gasteiger partial charge in [-0.3, -0.25) is 9.59 Å². The first kappa shape index (κ1) is 24.3. The largest absolute Gasteiger partial charge is 0.481 e. The van der Waals surface area contributed by atoms with Crippen molar-refractivity contribution in [2.75, 3.05) is 13.2 Å². The standard InChI is InChI=1S/C26H32N2O5/c1-3-18(14-24(29)27-15-17(2)12-13-25(30)31)28-26(32)33-16-23-21-10-6-4-8-19(21)20-9-5-7-11-22(20)23/h4-11,17-18,23H,3,12-16H2,1-2H3,(H,27,29)(H,28,32)(H,30,31). The molecule has 176 valence electrons. The third-order valence-corrected chi connectivity index (χ3v) is 6.09. The number of carboxylic acids is 1. The Balaban J connectivity index is 1.48. The zero-order valence-corrected chi connectivity index (χ0v) is 19.2. The SMILES string of the molecule is CCC(CC(=O)NCC(C)CCC(=O)O)NC(=O)OCC1c2ccccc2-c2ccccc21. The summed E-state index contributed by atoms with van der Waals surface area (Å²) in [6.45, 7) is 4.43. The van der Waals surface area contributed by atoms with Gasteiger partial charge in [0.05, 0.1) is 0 Å². The molecule has 33 heavy (non-hydrogen) atoms. The van der Waals surface area contributed by atoms with Crippen molar-refractivity contribution < 1.29 is 24.2 Å². The number of hydrogen-bond donors (Lipinski definition) is 3. The molecule has 0 aromatic heterocycles. The fraction of sp³-hybridized carbons (Fsp3) is 0.423. The Labute approximate surface area is 194 Å². The van der Waals surface area contributed by atoms with Crippen molar-refractivity contribution in [3.8, 4) is 11.1 Å². The minimum atomic E-state index is -0.841. The van der Waals surface area contributed by atoms with Crippen LogP contribution in [0.5, 0.6) is 0 Å². The topological polar surface area (TPSA) is 105 Å². The van der Waals surface area contributed by atoms with Crippen molar-refractivity contribution in [2.45, 2.75) is 51.5 Å². The van der Waals surface area contributed by atoms with E-state index in [-0.39, 0.29) is 43.2 Å². The number of fused-ring (bicyclic) bond motifs is 3. The highest BCUT2D eigenvalue weighted by Crippen LogP contribution is 2.44. The van der Waals surface area contributed by atoms with Crippen molar-refractivity contribution in [2.24, 2.45) is 5.92 Å². The molecule has 7 heteroatoms. The minimum absolute atomic E-state index is 0.0150. The number of benzene rings is 2. The van der Waals surface area contributed by atoms with Crippen LogP contribution >= 0.6 is 0 Å². The number of amides is 2. The first-order valence-electron chi connectivity index (χ1n) is 11.5. The van der Waals surface area contributed by atoms with Gasteiger partial charge in [0.1, 0.15) is 6.61 Å². The van der Waals surface area contributed by atoms with Crippen molar-refractivity contribution in [3.05, 3.63) is 59.7 Å². The number of carboxylic acid groups (broad SMARTS) is 1. The Morgan fingerprint density at radius 3 is 2.21 bits per heavy atom. The molecule has 2 amide bonds. The first-order chi connectivity index (χ1) is 15.9. The van der Waals surface area contributed by atoms with Crippen molar-refractivity contribution >= 4 is 18.0 Å². The predicted molar refractivity (Wildman–Crippen MR) is 126 cm³/mol. The molecule has 0 spiro atoms. The molecule has 1 aliphatic rings. The molecule has 2 aromatic rings. The number of hydrogen-bond acceptors (Lipinski definition) is 4. The van der Waals surface area contributed by atoms with Crippen molar-refractivity contribution in [1.82, 2.24) is 10.6 Å². The Kier molecular flexibility index (Phi) is 8.46. The summed E-state index contributed by atoms with van der Waals surface area (Å²) in [5.41, 5.74) is 4.63. The summed E-state index contributed by atoms with van der Waals surface area (Å²) in [5, 5.41) is 14.4. The average Bonchev–Trinajstić information content (AvgIpc) is 3.13. The van der Waals surface area contributed by atoms with Gasteiger partial charge in [-0.1, -0.05) is 62.4 Å². The summed E-state index contributed by atoms with van der Waals surface area (Å²) in [6.07, 6.45) is 0.785. The summed E-state index contributed by atoms with van der Waals surface area (Å²) in [5.74, 6) is -0.964. The lowest BCUT2D eigenvalue weighted by Gasteiger charge is -2.19. The van der Waals surface area contributed by atoms with Gasteiger partial charge in [0.2, 0.25) is 5.91 Å². The highest BCUT2D eigenvalue weighted by atomic mass is 16.5. The van der Waals surface area contributed by atoms with Crippen LogP contribution in [0.15, 0.2) is 48.5 Å². The highest BCUT2D eigenvalue weighted by molar-refractivity contribution is 5.79. The third-order valence-electron chi connectivity index (χ3n) is 6.09. The number of rotatable bonds is 11. The van der Waals surface area contributed by atoms with Gasteiger partial charge in [-0.25, -0.2) is 4.79 Å². The fourth-order valence-electron chi connectivity index (χ4n) is 4.16. The Bertz CT molecular complexity index is 945. The molecular weight excluding hydrogens is 420 g/mol. The van der Waals surface area contributed by atoms with E-state index in [1.54, 1.807) is 0 Å². The van der Waals surface area contributed by atoms with Gasteiger partial charge in [0.15, 0.2) is 0 Å². The van der Waals surface area contributed by atoms with E-state index in [4.69, 9.17) is 9.84 Å². The van der Waals surface area contributed by atoms with Crippen LogP contribution < -0.4 is 10.6 Å². The van der Waals surface area contributed by atoms with E-state index < -0.39 is 12.1 Å². The summed E-state index contributed by atoms with van der Waals surface area (Å²) < 4.78 is 5.57. The molecule has 0 bridgehead atoms. The van der Waals surface area contributed by atoms with Gasteiger partial charge < -0.3 is 20.5 Å². The normalized spacial score (nSPS) is 14.0.